The van der Waals surface area contributed by atoms with Gasteiger partial charge in [-0.15, -0.1) is 0 Å². The van der Waals surface area contributed by atoms with E-state index in [9.17, 15) is 4.79 Å². The SMILES string of the molecule is NC1CCN(Cc2occc2C=O)C1. The molecular formula is C10H14N2O2. The molecule has 14 heavy (non-hydrogen) atoms. The van der Waals surface area contributed by atoms with Crippen LogP contribution in [0.4, 0.5) is 0 Å². The molecule has 1 unspecified atom stereocenters. The van der Waals surface area contributed by atoms with Crippen molar-refractivity contribution in [2.24, 2.45) is 5.73 Å². The highest BCUT2D eigenvalue weighted by molar-refractivity contribution is 5.75. The van der Waals surface area contributed by atoms with Gasteiger partial charge in [0.2, 0.25) is 0 Å². The van der Waals surface area contributed by atoms with Crippen molar-refractivity contribution in [2.75, 3.05) is 13.1 Å². The van der Waals surface area contributed by atoms with Gasteiger partial charge in [-0.05, 0) is 12.5 Å². The fourth-order valence-electron chi connectivity index (χ4n) is 1.79. The van der Waals surface area contributed by atoms with E-state index >= 15 is 0 Å². The lowest BCUT2D eigenvalue weighted by Crippen LogP contribution is -2.26. The molecule has 1 aliphatic rings. The number of nitrogens with two attached hydrogens (primary N) is 1. The van der Waals surface area contributed by atoms with Crippen LogP contribution in [0.25, 0.3) is 0 Å². The lowest BCUT2D eigenvalue weighted by atomic mass is 10.2. The van der Waals surface area contributed by atoms with E-state index in [0.717, 1.165) is 31.6 Å². The minimum atomic E-state index is 0.268. The van der Waals surface area contributed by atoms with Gasteiger partial charge >= 0.3 is 0 Å². The fraction of sp³-hybridized carbons (Fsp3) is 0.500. The van der Waals surface area contributed by atoms with Gasteiger partial charge in [-0.25, -0.2) is 0 Å². The summed E-state index contributed by atoms with van der Waals surface area (Å²) in [7, 11) is 0. The second-order valence-corrected chi connectivity index (χ2v) is 3.70. The van der Waals surface area contributed by atoms with Crippen LogP contribution in [0.15, 0.2) is 16.7 Å². The first-order chi connectivity index (χ1) is 6.79. The lowest BCUT2D eigenvalue weighted by molar-refractivity contribution is 0.112. The van der Waals surface area contributed by atoms with Gasteiger partial charge in [-0.1, -0.05) is 0 Å². The number of hydrogen-bond donors (Lipinski definition) is 1. The van der Waals surface area contributed by atoms with E-state index in [1.165, 1.54) is 0 Å². The summed E-state index contributed by atoms with van der Waals surface area (Å²) in [5.41, 5.74) is 6.43. The summed E-state index contributed by atoms with van der Waals surface area (Å²) in [6.07, 6.45) is 3.40. The minimum Gasteiger partial charge on any atom is -0.467 e. The molecule has 0 saturated carbocycles. The number of nitrogens with zero attached hydrogens (tertiary/aromatic N) is 1. The maximum atomic E-state index is 10.6. The molecule has 4 heteroatoms. The van der Waals surface area contributed by atoms with Gasteiger partial charge in [-0.2, -0.15) is 0 Å². The smallest absolute Gasteiger partial charge is 0.153 e. The summed E-state index contributed by atoms with van der Waals surface area (Å²) in [4.78, 5) is 12.8. The Balaban J connectivity index is 2.00. The Morgan fingerprint density at radius 1 is 1.71 bits per heavy atom. The van der Waals surface area contributed by atoms with Crippen LogP contribution >= 0.6 is 0 Å². The van der Waals surface area contributed by atoms with E-state index in [2.05, 4.69) is 4.90 Å². The van der Waals surface area contributed by atoms with E-state index in [1.54, 1.807) is 12.3 Å². The molecular weight excluding hydrogens is 180 g/mol. The van der Waals surface area contributed by atoms with E-state index in [4.69, 9.17) is 10.2 Å². The summed E-state index contributed by atoms with van der Waals surface area (Å²) < 4.78 is 5.24. The molecule has 0 aromatic carbocycles. The maximum absolute atomic E-state index is 10.6. The van der Waals surface area contributed by atoms with Crippen LogP contribution in [-0.4, -0.2) is 30.3 Å². The van der Waals surface area contributed by atoms with Crippen LogP contribution in [-0.2, 0) is 6.54 Å². The third kappa shape index (κ3) is 1.86. The molecule has 2 heterocycles. The lowest BCUT2D eigenvalue weighted by Gasteiger charge is -2.13. The molecule has 1 aromatic heterocycles. The molecule has 1 fully saturated rings. The second kappa shape index (κ2) is 3.94. The third-order valence-electron chi connectivity index (χ3n) is 2.58. The zero-order valence-corrected chi connectivity index (χ0v) is 7.98. The van der Waals surface area contributed by atoms with Crippen LogP contribution in [0.1, 0.15) is 22.5 Å². The molecule has 2 rings (SSSR count). The average molecular weight is 194 g/mol. The molecule has 0 amide bonds. The molecule has 0 radical (unpaired) electrons. The van der Waals surface area contributed by atoms with Crippen molar-refractivity contribution in [3.8, 4) is 0 Å². The number of hydrogen-bond acceptors (Lipinski definition) is 4. The first-order valence-electron chi connectivity index (χ1n) is 4.79. The summed E-state index contributed by atoms with van der Waals surface area (Å²) >= 11 is 0. The zero-order valence-electron chi connectivity index (χ0n) is 7.98. The van der Waals surface area contributed by atoms with Crippen molar-refractivity contribution in [1.82, 2.24) is 4.90 Å². The van der Waals surface area contributed by atoms with Crippen molar-refractivity contribution in [2.45, 2.75) is 19.0 Å². The van der Waals surface area contributed by atoms with Crippen molar-refractivity contribution >= 4 is 6.29 Å². The van der Waals surface area contributed by atoms with Gasteiger partial charge in [-0.3, -0.25) is 9.69 Å². The highest BCUT2D eigenvalue weighted by Crippen LogP contribution is 2.15. The molecule has 0 bridgehead atoms. The molecule has 76 valence electrons. The van der Waals surface area contributed by atoms with E-state index < -0.39 is 0 Å². The number of carbonyl (C=O) groups is 1. The van der Waals surface area contributed by atoms with Crippen molar-refractivity contribution in [3.05, 3.63) is 23.7 Å². The summed E-state index contributed by atoms with van der Waals surface area (Å²) in [6, 6.07) is 1.96. The van der Waals surface area contributed by atoms with Gasteiger partial charge in [0.05, 0.1) is 18.4 Å². The van der Waals surface area contributed by atoms with Crippen LogP contribution < -0.4 is 5.73 Å². The Bertz CT molecular complexity index is 322. The Morgan fingerprint density at radius 2 is 2.57 bits per heavy atom. The van der Waals surface area contributed by atoms with Gasteiger partial charge in [0.1, 0.15) is 5.76 Å². The largest absolute Gasteiger partial charge is 0.467 e. The summed E-state index contributed by atoms with van der Waals surface area (Å²) in [5, 5.41) is 0. The van der Waals surface area contributed by atoms with Crippen molar-refractivity contribution in [1.29, 1.82) is 0 Å². The number of rotatable bonds is 3. The predicted octanol–water partition coefficient (Wildman–Crippen LogP) is 0.625. The molecule has 1 saturated heterocycles. The number of furan rings is 1. The predicted molar refractivity (Wildman–Crippen MR) is 52.0 cm³/mol. The normalized spacial score (nSPS) is 22.8. The molecule has 1 aliphatic heterocycles. The molecule has 2 N–H and O–H groups in total. The number of carbonyl (C=O) groups excluding carboxylic acids is 1. The van der Waals surface area contributed by atoms with Gasteiger partial charge in [0.15, 0.2) is 6.29 Å². The highest BCUT2D eigenvalue weighted by atomic mass is 16.3. The molecule has 1 aromatic rings. The first-order valence-corrected chi connectivity index (χ1v) is 4.79. The van der Waals surface area contributed by atoms with E-state index in [0.29, 0.717) is 12.1 Å². The quantitative estimate of drug-likeness (QED) is 0.717. The number of likely N-dealkylation sites (tertiary alicyclic amines) is 1. The Morgan fingerprint density at radius 3 is 3.21 bits per heavy atom. The fourth-order valence-corrected chi connectivity index (χ4v) is 1.79. The van der Waals surface area contributed by atoms with E-state index in [1.807, 2.05) is 0 Å². The van der Waals surface area contributed by atoms with Crippen molar-refractivity contribution in [3.63, 3.8) is 0 Å². The van der Waals surface area contributed by atoms with Crippen molar-refractivity contribution < 1.29 is 9.21 Å². The molecule has 1 atom stereocenters. The van der Waals surface area contributed by atoms with Gasteiger partial charge in [0, 0.05) is 19.1 Å². The molecule has 0 spiro atoms. The molecule has 4 nitrogen and oxygen atoms in total. The number of aldehydes is 1. The Hall–Kier alpha value is -1.13. The standard InChI is InChI=1S/C10H14N2O2/c11-9-1-3-12(5-9)6-10-8(7-13)2-4-14-10/h2,4,7,9H,1,3,5-6,11H2. The minimum absolute atomic E-state index is 0.268. The van der Waals surface area contributed by atoms with Crippen LogP contribution in [0, 0.1) is 0 Å². The summed E-state index contributed by atoms with van der Waals surface area (Å²) in [5.74, 6) is 0.745. The monoisotopic (exact) mass is 194 g/mol. The van der Waals surface area contributed by atoms with Crippen LogP contribution in [0.3, 0.4) is 0 Å². The average Bonchev–Trinajstić information content (AvgIpc) is 2.76. The van der Waals surface area contributed by atoms with E-state index in [-0.39, 0.29) is 6.04 Å². The van der Waals surface area contributed by atoms with Crippen LogP contribution in [0.5, 0.6) is 0 Å². The molecule has 0 aliphatic carbocycles. The maximum Gasteiger partial charge on any atom is 0.153 e. The second-order valence-electron chi connectivity index (χ2n) is 3.70. The highest BCUT2D eigenvalue weighted by Gasteiger charge is 2.20. The Kier molecular flexibility index (Phi) is 2.65. The first kappa shape index (κ1) is 9.43. The van der Waals surface area contributed by atoms with Gasteiger partial charge < -0.3 is 10.2 Å². The zero-order chi connectivity index (χ0) is 9.97. The van der Waals surface area contributed by atoms with Gasteiger partial charge in [0.25, 0.3) is 0 Å². The van der Waals surface area contributed by atoms with Crippen LogP contribution in [0.2, 0.25) is 0 Å². The third-order valence-corrected chi connectivity index (χ3v) is 2.58. The topological polar surface area (TPSA) is 59.5 Å². The Labute approximate surface area is 82.7 Å². The summed E-state index contributed by atoms with van der Waals surface area (Å²) in [6.45, 7) is 2.56.